The average molecular weight is 375 g/mol. The van der Waals surface area contributed by atoms with Crippen LogP contribution in [0.3, 0.4) is 0 Å². The number of morpholine rings is 1. The highest BCUT2D eigenvalue weighted by Crippen LogP contribution is 2.26. The van der Waals surface area contributed by atoms with Gasteiger partial charge >= 0.3 is 0 Å². The summed E-state index contributed by atoms with van der Waals surface area (Å²) in [5, 5.41) is 4.02. The van der Waals surface area contributed by atoms with Crippen LogP contribution in [0.4, 0.5) is 5.69 Å². The Morgan fingerprint density at radius 1 is 1.11 bits per heavy atom. The molecule has 1 aromatic heterocycles. The van der Waals surface area contributed by atoms with E-state index in [1.165, 1.54) is 17.9 Å². The molecule has 1 fully saturated rings. The smallest absolute Gasteiger partial charge is 0.221 e. The number of amides is 1. The van der Waals surface area contributed by atoms with Crippen LogP contribution in [0.15, 0.2) is 54.6 Å². The van der Waals surface area contributed by atoms with Gasteiger partial charge in [-0.3, -0.25) is 9.69 Å². The van der Waals surface area contributed by atoms with E-state index >= 15 is 0 Å². The van der Waals surface area contributed by atoms with Crippen molar-refractivity contribution in [1.82, 2.24) is 9.88 Å². The molecule has 144 valence electrons. The molecule has 0 spiro atoms. The SMILES string of the molecule is CC(=O)Nc1ccc(-c2cc(CCN3CCOCC3)c3ccccc3n2)cc1. The quantitative estimate of drug-likeness (QED) is 0.738. The van der Waals surface area contributed by atoms with Crippen LogP contribution in [-0.4, -0.2) is 48.6 Å². The summed E-state index contributed by atoms with van der Waals surface area (Å²) in [5.74, 6) is -0.0676. The van der Waals surface area contributed by atoms with E-state index in [1.807, 2.05) is 30.3 Å². The predicted octanol–water partition coefficient (Wildman–Crippen LogP) is 3.73. The van der Waals surface area contributed by atoms with Crippen LogP contribution < -0.4 is 5.32 Å². The van der Waals surface area contributed by atoms with Crippen LogP contribution in [0.5, 0.6) is 0 Å². The van der Waals surface area contributed by atoms with Crippen LogP contribution in [0, 0.1) is 0 Å². The minimum Gasteiger partial charge on any atom is -0.379 e. The van der Waals surface area contributed by atoms with Gasteiger partial charge in [-0.15, -0.1) is 0 Å². The molecule has 2 heterocycles. The van der Waals surface area contributed by atoms with Gasteiger partial charge in [0.25, 0.3) is 0 Å². The highest BCUT2D eigenvalue weighted by atomic mass is 16.5. The van der Waals surface area contributed by atoms with Gasteiger partial charge in [0.05, 0.1) is 24.4 Å². The number of carbonyl (C=O) groups is 1. The number of ether oxygens (including phenoxy) is 1. The summed E-state index contributed by atoms with van der Waals surface area (Å²) >= 11 is 0. The molecule has 5 nitrogen and oxygen atoms in total. The molecule has 3 aromatic rings. The van der Waals surface area contributed by atoms with Crippen molar-refractivity contribution < 1.29 is 9.53 Å². The highest BCUT2D eigenvalue weighted by Gasteiger charge is 2.12. The summed E-state index contributed by atoms with van der Waals surface area (Å²) in [7, 11) is 0. The zero-order valence-electron chi connectivity index (χ0n) is 16.1. The first-order chi connectivity index (χ1) is 13.7. The van der Waals surface area contributed by atoms with Gasteiger partial charge in [-0.05, 0) is 36.2 Å². The molecule has 1 N–H and O–H groups in total. The largest absolute Gasteiger partial charge is 0.379 e. The topological polar surface area (TPSA) is 54.5 Å². The fourth-order valence-corrected chi connectivity index (χ4v) is 3.63. The number of hydrogen-bond acceptors (Lipinski definition) is 4. The fourth-order valence-electron chi connectivity index (χ4n) is 3.63. The average Bonchev–Trinajstić information content (AvgIpc) is 2.73. The van der Waals surface area contributed by atoms with E-state index < -0.39 is 0 Å². The van der Waals surface area contributed by atoms with E-state index in [2.05, 4.69) is 34.5 Å². The van der Waals surface area contributed by atoms with Gasteiger partial charge in [0, 0.05) is 43.2 Å². The number of rotatable bonds is 5. The third-order valence-corrected chi connectivity index (χ3v) is 5.10. The van der Waals surface area contributed by atoms with Crippen LogP contribution in [-0.2, 0) is 16.0 Å². The standard InChI is InChI=1S/C23H25N3O2/c1-17(27)24-20-8-6-18(7-9-20)23-16-19(10-11-26-12-14-28-15-13-26)21-4-2-3-5-22(21)25-23/h2-9,16H,10-15H2,1H3,(H,24,27). The van der Waals surface area contributed by atoms with Gasteiger partial charge in [-0.2, -0.15) is 0 Å². The first-order valence-electron chi connectivity index (χ1n) is 9.76. The Hall–Kier alpha value is -2.76. The zero-order valence-corrected chi connectivity index (χ0v) is 16.1. The molecule has 0 bridgehead atoms. The number of benzene rings is 2. The Balaban J connectivity index is 1.62. The van der Waals surface area contributed by atoms with Gasteiger partial charge in [0.2, 0.25) is 5.91 Å². The van der Waals surface area contributed by atoms with Gasteiger partial charge < -0.3 is 10.1 Å². The third-order valence-electron chi connectivity index (χ3n) is 5.10. The second-order valence-electron chi connectivity index (χ2n) is 7.15. The van der Waals surface area contributed by atoms with E-state index in [9.17, 15) is 4.79 Å². The lowest BCUT2D eigenvalue weighted by atomic mass is 10.0. The lowest BCUT2D eigenvalue weighted by Gasteiger charge is -2.26. The number of carbonyl (C=O) groups excluding carboxylic acids is 1. The summed E-state index contributed by atoms with van der Waals surface area (Å²) < 4.78 is 5.45. The van der Waals surface area contributed by atoms with Crippen LogP contribution >= 0.6 is 0 Å². The molecule has 1 saturated heterocycles. The van der Waals surface area contributed by atoms with E-state index in [1.54, 1.807) is 0 Å². The lowest BCUT2D eigenvalue weighted by Crippen LogP contribution is -2.37. The Labute approximate surface area is 165 Å². The molecule has 28 heavy (non-hydrogen) atoms. The molecular weight excluding hydrogens is 350 g/mol. The van der Waals surface area contributed by atoms with Crippen molar-refractivity contribution >= 4 is 22.5 Å². The molecule has 0 saturated carbocycles. The predicted molar refractivity (Wildman–Crippen MR) is 112 cm³/mol. The molecule has 1 aliphatic heterocycles. The summed E-state index contributed by atoms with van der Waals surface area (Å²) in [6, 6.07) is 18.4. The Morgan fingerprint density at radius 2 is 1.86 bits per heavy atom. The summed E-state index contributed by atoms with van der Waals surface area (Å²) in [4.78, 5) is 18.6. The minimum absolute atomic E-state index is 0.0676. The number of hydrogen-bond donors (Lipinski definition) is 1. The number of para-hydroxylation sites is 1. The van der Waals surface area contributed by atoms with Crippen molar-refractivity contribution in [3.05, 3.63) is 60.2 Å². The van der Waals surface area contributed by atoms with E-state index in [0.717, 1.165) is 61.7 Å². The maximum atomic E-state index is 11.2. The number of nitrogens with one attached hydrogen (secondary N) is 1. The van der Waals surface area contributed by atoms with Gasteiger partial charge in [-0.25, -0.2) is 4.98 Å². The molecule has 4 rings (SSSR count). The third kappa shape index (κ3) is 4.38. The Morgan fingerprint density at radius 3 is 2.61 bits per heavy atom. The van der Waals surface area contributed by atoms with Gasteiger partial charge in [-0.1, -0.05) is 30.3 Å². The second-order valence-corrected chi connectivity index (χ2v) is 7.15. The van der Waals surface area contributed by atoms with Crippen LogP contribution in [0.2, 0.25) is 0 Å². The molecule has 2 aromatic carbocycles. The first kappa shape index (κ1) is 18.6. The van der Waals surface area contributed by atoms with E-state index in [4.69, 9.17) is 9.72 Å². The normalized spacial score (nSPS) is 14.9. The highest BCUT2D eigenvalue weighted by molar-refractivity contribution is 5.89. The van der Waals surface area contributed by atoms with Crippen LogP contribution in [0.25, 0.3) is 22.2 Å². The molecule has 1 aliphatic rings. The number of anilines is 1. The minimum atomic E-state index is -0.0676. The number of fused-ring (bicyclic) bond motifs is 1. The summed E-state index contributed by atoms with van der Waals surface area (Å²) in [5.41, 5.74) is 5.14. The van der Waals surface area contributed by atoms with Crippen molar-refractivity contribution in [2.45, 2.75) is 13.3 Å². The van der Waals surface area contributed by atoms with Crippen molar-refractivity contribution in [3.8, 4) is 11.3 Å². The van der Waals surface area contributed by atoms with E-state index in [-0.39, 0.29) is 5.91 Å². The molecule has 0 radical (unpaired) electrons. The molecule has 1 amide bonds. The second kappa shape index (κ2) is 8.50. The molecule has 5 heteroatoms. The monoisotopic (exact) mass is 375 g/mol. The molecular formula is C23H25N3O2. The van der Waals surface area contributed by atoms with Crippen molar-refractivity contribution in [2.75, 3.05) is 38.2 Å². The molecule has 0 aliphatic carbocycles. The fraction of sp³-hybridized carbons (Fsp3) is 0.304. The maximum Gasteiger partial charge on any atom is 0.221 e. The Bertz CT molecular complexity index is 963. The van der Waals surface area contributed by atoms with Gasteiger partial charge in [0.15, 0.2) is 0 Å². The van der Waals surface area contributed by atoms with E-state index in [0.29, 0.717) is 0 Å². The van der Waals surface area contributed by atoms with Crippen molar-refractivity contribution in [2.24, 2.45) is 0 Å². The molecule has 0 unspecified atom stereocenters. The van der Waals surface area contributed by atoms with Crippen molar-refractivity contribution in [3.63, 3.8) is 0 Å². The lowest BCUT2D eigenvalue weighted by molar-refractivity contribution is -0.114. The van der Waals surface area contributed by atoms with Gasteiger partial charge in [0.1, 0.15) is 0 Å². The van der Waals surface area contributed by atoms with Crippen molar-refractivity contribution in [1.29, 1.82) is 0 Å². The Kier molecular flexibility index (Phi) is 5.65. The number of pyridine rings is 1. The number of aromatic nitrogens is 1. The zero-order chi connectivity index (χ0) is 19.3. The number of nitrogens with zero attached hydrogens (tertiary/aromatic N) is 2. The molecule has 0 atom stereocenters. The summed E-state index contributed by atoms with van der Waals surface area (Å²) in [6.45, 7) is 6.19. The van der Waals surface area contributed by atoms with Crippen LogP contribution in [0.1, 0.15) is 12.5 Å². The maximum absolute atomic E-state index is 11.2. The first-order valence-corrected chi connectivity index (χ1v) is 9.76. The summed E-state index contributed by atoms with van der Waals surface area (Å²) in [6.07, 6.45) is 0.986.